The summed E-state index contributed by atoms with van der Waals surface area (Å²) in [5, 5.41) is 9.92. The molecule has 0 aliphatic rings. The molecular weight excluding hydrogens is 267 g/mol. The molecule has 1 aromatic heterocycles. The molecule has 0 bridgehead atoms. The highest BCUT2D eigenvalue weighted by Gasteiger charge is 2.34. The van der Waals surface area contributed by atoms with Gasteiger partial charge >= 0.3 is 6.18 Å². The van der Waals surface area contributed by atoms with Crippen LogP contribution in [0.2, 0.25) is 0 Å². The van der Waals surface area contributed by atoms with E-state index in [4.69, 9.17) is 0 Å². The minimum atomic E-state index is -4.35. The second kappa shape index (κ2) is 5.19. The highest BCUT2D eigenvalue weighted by Crippen LogP contribution is 2.35. The van der Waals surface area contributed by atoms with Crippen LogP contribution >= 0.6 is 0 Å². The average Bonchev–Trinajstić information content (AvgIpc) is 2.69. The van der Waals surface area contributed by atoms with Gasteiger partial charge in [0.15, 0.2) is 0 Å². The molecule has 2 N–H and O–H groups in total. The number of nitrogens with one attached hydrogen (secondary N) is 2. The van der Waals surface area contributed by atoms with Crippen LogP contribution in [0.3, 0.4) is 0 Å². The van der Waals surface area contributed by atoms with Gasteiger partial charge in [-0.15, -0.1) is 0 Å². The second-order valence-corrected chi connectivity index (χ2v) is 4.76. The van der Waals surface area contributed by atoms with Crippen molar-refractivity contribution in [3.63, 3.8) is 0 Å². The lowest BCUT2D eigenvalue weighted by atomic mass is 10.0. The van der Waals surface area contributed by atoms with Gasteiger partial charge in [0.1, 0.15) is 0 Å². The van der Waals surface area contributed by atoms with Gasteiger partial charge < -0.3 is 5.32 Å². The van der Waals surface area contributed by atoms with Gasteiger partial charge in [-0.1, -0.05) is 18.2 Å². The summed E-state index contributed by atoms with van der Waals surface area (Å²) in [7, 11) is 0. The molecule has 0 spiro atoms. The third-order valence-electron chi connectivity index (χ3n) is 3.22. The zero-order chi connectivity index (χ0) is 14.9. The first-order valence-corrected chi connectivity index (χ1v) is 6.25. The molecule has 108 valence electrons. The van der Waals surface area contributed by atoms with E-state index in [2.05, 4.69) is 15.5 Å². The van der Waals surface area contributed by atoms with Crippen molar-refractivity contribution in [1.29, 1.82) is 0 Å². The van der Waals surface area contributed by atoms with E-state index < -0.39 is 17.8 Å². The normalized spacial score (nSPS) is 13.3. The first kappa shape index (κ1) is 14.4. The Hall–Kier alpha value is -1.98. The molecule has 2 rings (SSSR count). The monoisotopic (exact) mass is 283 g/mol. The maximum absolute atomic E-state index is 13.0. The molecule has 0 saturated heterocycles. The third kappa shape index (κ3) is 2.79. The van der Waals surface area contributed by atoms with E-state index in [0.717, 1.165) is 23.1 Å². The SMILES string of the molecule is Cc1n[nH]c(C)c1NC(C)c1ccccc1C(F)(F)F. The van der Waals surface area contributed by atoms with Gasteiger partial charge in [0.25, 0.3) is 0 Å². The molecule has 0 saturated carbocycles. The van der Waals surface area contributed by atoms with Crippen molar-refractivity contribution < 1.29 is 13.2 Å². The number of nitrogens with zero attached hydrogens (tertiary/aromatic N) is 1. The van der Waals surface area contributed by atoms with Crippen LogP contribution in [0.4, 0.5) is 18.9 Å². The van der Waals surface area contributed by atoms with Crippen LogP contribution in [0, 0.1) is 13.8 Å². The highest BCUT2D eigenvalue weighted by molar-refractivity contribution is 5.53. The second-order valence-electron chi connectivity index (χ2n) is 4.76. The number of anilines is 1. The summed E-state index contributed by atoms with van der Waals surface area (Å²) < 4.78 is 39.0. The van der Waals surface area contributed by atoms with Crippen molar-refractivity contribution in [3.8, 4) is 0 Å². The zero-order valence-electron chi connectivity index (χ0n) is 11.5. The lowest BCUT2D eigenvalue weighted by Gasteiger charge is -2.20. The number of aromatic nitrogens is 2. The summed E-state index contributed by atoms with van der Waals surface area (Å²) >= 11 is 0. The zero-order valence-corrected chi connectivity index (χ0v) is 11.5. The van der Waals surface area contributed by atoms with Gasteiger partial charge in [0.05, 0.1) is 22.6 Å². The number of aromatic amines is 1. The molecule has 0 radical (unpaired) electrons. The van der Waals surface area contributed by atoms with Gasteiger partial charge in [0, 0.05) is 6.04 Å². The number of aryl methyl sites for hydroxylation is 2. The van der Waals surface area contributed by atoms with Gasteiger partial charge in [-0.3, -0.25) is 5.10 Å². The predicted molar refractivity (Wildman–Crippen MR) is 71.5 cm³/mol. The molecule has 1 atom stereocenters. The summed E-state index contributed by atoms with van der Waals surface area (Å²) in [6.45, 7) is 5.33. The van der Waals surface area contributed by atoms with Gasteiger partial charge in [0.2, 0.25) is 0 Å². The van der Waals surface area contributed by atoms with Crippen molar-refractivity contribution in [2.45, 2.75) is 33.0 Å². The Kier molecular flexibility index (Phi) is 3.74. The fourth-order valence-corrected chi connectivity index (χ4v) is 2.19. The molecule has 1 aromatic carbocycles. The topological polar surface area (TPSA) is 40.7 Å². The summed E-state index contributed by atoms with van der Waals surface area (Å²) in [6, 6.07) is 5.13. The Bertz CT molecular complexity index is 582. The summed E-state index contributed by atoms with van der Waals surface area (Å²) in [6.07, 6.45) is -4.35. The Labute approximate surface area is 115 Å². The van der Waals surface area contributed by atoms with E-state index in [0.29, 0.717) is 0 Å². The van der Waals surface area contributed by atoms with Gasteiger partial charge in [-0.2, -0.15) is 18.3 Å². The minimum absolute atomic E-state index is 0.222. The number of alkyl halides is 3. The van der Waals surface area contributed by atoms with E-state index >= 15 is 0 Å². The number of hydrogen-bond donors (Lipinski definition) is 2. The highest BCUT2D eigenvalue weighted by atomic mass is 19.4. The molecule has 0 fully saturated rings. The van der Waals surface area contributed by atoms with E-state index in [-0.39, 0.29) is 5.56 Å². The molecule has 2 aromatic rings. The van der Waals surface area contributed by atoms with E-state index in [1.54, 1.807) is 19.9 Å². The Morgan fingerprint density at radius 1 is 1.20 bits per heavy atom. The third-order valence-corrected chi connectivity index (χ3v) is 3.22. The Morgan fingerprint density at radius 2 is 1.85 bits per heavy atom. The maximum atomic E-state index is 13.0. The van der Waals surface area contributed by atoms with Crippen LogP contribution < -0.4 is 5.32 Å². The van der Waals surface area contributed by atoms with Crippen LogP contribution in [0.15, 0.2) is 24.3 Å². The van der Waals surface area contributed by atoms with Crippen molar-refractivity contribution in [2.75, 3.05) is 5.32 Å². The fraction of sp³-hybridized carbons (Fsp3) is 0.357. The van der Waals surface area contributed by atoms with Crippen LogP contribution in [0.25, 0.3) is 0 Å². The Balaban J connectivity index is 2.33. The van der Waals surface area contributed by atoms with Crippen LogP contribution in [-0.4, -0.2) is 10.2 Å². The number of halogens is 3. The van der Waals surface area contributed by atoms with Crippen molar-refractivity contribution in [3.05, 3.63) is 46.8 Å². The Morgan fingerprint density at radius 3 is 2.40 bits per heavy atom. The number of benzene rings is 1. The quantitative estimate of drug-likeness (QED) is 0.885. The van der Waals surface area contributed by atoms with E-state index in [9.17, 15) is 13.2 Å². The van der Waals surface area contributed by atoms with Gasteiger partial charge in [-0.25, -0.2) is 0 Å². The molecule has 20 heavy (non-hydrogen) atoms. The van der Waals surface area contributed by atoms with Crippen molar-refractivity contribution in [1.82, 2.24) is 10.2 Å². The summed E-state index contributed by atoms with van der Waals surface area (Å²) in [5.74, 6) is 0. The summed E-state index contributed by atoms with van der Waals surface area (Å²) in [5.41, 5.74) is 1.89. The lowest BCUT2D eigenvalue weighted by Crippen LogP contribution is -2.15. The molecule has 1 heterocycles. The average molecular weight is 283 g/mol. The van der Waals surface area contributed by atoms with Crippen molar-refractivity contribution in [2.24, 2.45) is 0 Å². The molecule has 0 amide bonds. The first-order valence-electron chi connectivity index (χ1n) is 6.25. The number of rotatable bonds is 3. The molecule has 3 nitrogen and oxygen atoms in total. The fourth-order valence-electron chi connectivity index (χ4n) is 2.19. The summed E-state index contributed by atoms with van der Waals surface area (Å²) in [4.78, 5) is 0. The smallest absolute Gasteiger partial charge is 0.376 e. The van der Waals surface area contributed by atoms with E-state index in [1.165, 1.54) is 12.1 Å². The number of hydrogen-bond acceptors (Lipinski definition) is 2. The molecule has 0 aliphatic heterocycles. The van der Waals surface area contributed by atoms with Crippen LogP contribution in [-0.2, 0) is 6.18 Å². The molecular formula is C14H16F3N3. The maximum Gasteiger partial charge on any atom is 0.416 e. The largest absolute Gasteiger partial charge is 0.416 e. The number of H-pyrrole nitrogens is 1. The first-order chi connectivity index (χ1) is 9.30. The predicted octanol–water partition coefficient (Wildman–Crippen LogP) is 4.22. The van der Waals surface area contributed by atoms with Crippen molar-refractivity contribution >= 4 is 5.69 Å². The molecule has 6 heteroatoms. The molecule has 0 aliphatic carbocycles. The van der Waals surface area contributed by atoms with Crippen LogP contribution in [0.1, 0.15) is 35.5 Å². The van der Waals surface area contributed by atoms with E-state index in [1.807, 2.05) is 6.92 Å². The van der Waals surface area contributed by atoms with Gasteiger partial charge in [-0.05, 0) is 32.4 Å². The minimum Gasteiger partial charge on any atom is -0.376 e. The van der Waals surface area contributed by atoms with Crippen LogP contribution in [0.5, 0.6) is 0 Å². The molecule has 1 unspecified atom stereocenters. The standard InChI is InChI=1S/C14H16F3N3/c1-8(18-13-9(2)19-20-10(13)3)11-6-4-5-7-12(11)14(15,16)17/h4-8,18H,1-3H3,(H,19,20). The lowest BCUT2D eigenvalue weighted by molar-refractivity contribution is -0.138.